The topological polar surface area (TPSA) is 40.6 Å². The van der Waals surface area contributed by atoms with Gasteiger partial charge in [0.15, 0.2) is 5.78 Å². The van der Waals surface area contributed by atoms with Gasteiger partial charge in [-0.15, -0.1) is 11.3 Å². The molecule has 0 aliphatic carbocycles. The van der Waals surface area contributed by atoms with Gasteiger partial charge in [-0.25, -0.2) is 0 Å². The number of piperidine rings is 1. The van der Waals surface area contributed by atoms with Crippen molar-refractivity contribution in [3.63, 3.8) is 0 Å². The summed E-state index contributed by atoms with van der Waals surface area (Å²) < 4.78 is 0. The Morgan fingerprint density at radius 2 is 1.89 bits per heavy atom. The Morgan fingerprint density at radius 1 is 1.07 bits per heavy atom. The molecule has 1 aromatic carbocycles. The van der Waals surface area contributed by atoms with Gasteiger partial charge >= 0.3 is 0 Å². The standard InChI is InChI=1S/C22H26N2O2S/c1-16(25)21-9-19(15-27-21)10-22(26)24-13-18-7-8-20(24)14-23(12-18)11-17-5-3-2-4-6-17/h2-6,9,15,18,20H,7-8,10-14H2,1H3/t18-,20+/m0/s1. The molecule has 2 aromatic rings. The normalized spacial score (nSPS) is 22.6. The number of carbonyl (C=O) groups excluding carboxylic acids is 2. The van der Waals surface area contributed by atoms with Crippen LogP contribution in [0.3, 0.4) is 0 Å². The highest BCUT2D eigenvalue weighted by atomic mass is 32.1. The van der Waals surface area contributed by atoms with E-state index in [1.807, 2.05) is 11.4 Å². The molecule has 0 radical (unpaired) electrons. The fourth-order valence-electron chi connectivity index (χ4n) is 4.38. The maximum atomic E-state index is 13.0. The van der Waals surface area contributed by atoms with Crippen molar-refractivity contribution in [2.75, 3.05) is 19.6 Å². The van der Waals surface area contributed by atoms with E-state index < -0.39 is 0 Å². The van der Waals surface area contributed by atoms with Crippen molar-refractivity contribution in [3.05, 3.63) is 57.8 Å². The summed E-state index contributed by atoms with van der Waals surface area (Å²) in [6, 6.07) is 12.8. The SMILES string of the molecule is CC(=O)c1cc(CC(=O)N2C[C@H]3CC[C@@H]2CN(Cc2ccccc2)C3)cs1. The largest absolute Gasteiger partial charge is 0.338 e. The zero-order valence-electron chi connectivity index (χ0n) is 15.8. The first-order valence-corrected chi connectivity index (χ1v) is 10.6. The van der Waals surface area contributed by atoms with Crippen LogP contribution in [0.2, 0.25) is 0 Å². The maximum Gasteiger partial charge on any atom is 0.227 e. The van der Waals surface area contributed by atoms with E-state index in [0.717, 1.165) is 43.0 Å². The molecule has 5 heteroatoms. The van der Waals surface area contributed by atoms with Crippen LogP contribution in [0.25, 0.3) is 0 Å². The Balaban J connectivity index is 1.42. The van der Waals surface area contributed by atoms with Crippen molar-refractivity contribution in [1.82, 2.24) is 9.80 Å². The van der Waals surface area contributed by atoms with Crippen LogP contribution < -0.4 is 0 Å². The maximum absolute atomic E-state index is 13.0. The summed E-state index contributed by atoms with van der Waals surface area (Å²) in [6.07, 6.45) is 2.72. The fraction of sp³-hybridized carbons (Fsp3) is 0.455. The highest BCUT2D eigenvalue weighted by Crippen LogP contribution is 2.29. The third kappa shape index (κ3) is 4.30. The molecule has 3 aliphatic heterocycles. The summed E-state index contributed by atoms with van der Waals surface area (Å²) in [5.41, 5.74) is 2.31. The molecular weight excluding hydrogens is 356 g/mol. The van der Waals surface area contributed by atoms with Crippen LogP contribution in [0.1, 0.15) is 40.6 Å². The van der Waals surface area contributed by atoms with E-state index in [4.69, 9.17) is 0 Å². The molecule has 2 atom stereocenters. The predicted octanol–water partition coefficient (Wildman–Crippen LogP) is 3.62. The number of hydrogen-bond acceptors (Lipinski definition) is 4. The van der Waals surface area contributed by atoms with E-state index in [0.29, 0.717) is 18.4 Å². The third-order valence-electron chi connectivity index (χ3n) is 5.71. The van der Waals surface area contributed by atoms with Crippen molar-refractivity contribution in [3.8, 4) is 0 Å². The van der Waals surface area contributed by atoms with E-state index in [1.54, 1.807) is 6.92 Å². The summed E-state index contributed by atoms with van der Waals surface area (Å²) in [7, 11) is 0. The summed E-state index contributed by atoms with van der Waals surface area (Å²) in [5, 5.41) is 1.95. The van der Waals surface area contributed by atoms with Gasteiger partial charge in [-0.3, -0.25) is 14.5 Å². The summed E-state index contributed by atoms with van der Waals surface area (Å²) >= 11 is 1.44. The van der Waals surface area contributed by atoms with Crippen molar-refractivity contribution in [2.45, 2.75) is 38.8 Å². The zero-order chi connectivity index (χ0) is 18.8. The van der Waals surface area contributed by atoms with Crippen molar-refractivity contribution >= 4 is 23.0 Å². The minimum absolute atomic E-state index is 0.0732. The van der Waals surface area contributed by atoms with Crippen molar-refractivity contribution < 1.29 is 9.59 Å². The molecule has 27 heavy (non-hydrogen) atoms. The monoisotopic (exact) mass is 382 g/mol. The molecule has 1 amide bonds. The lowest BCUT2D eigenvalue weighted by Gasteiger charge is -2.36. The average Bonchev–Trinajstić information content (AvgIpc) is 2.95. The number of fused-ring (bicyclic) bond motifs is 4. The van der Waals surface area contributed by atoms with Crippen LogP contribution in [0.5, 0.6) is 0 Å². The first kappa shape index (κ1) is 18.4. The Kier molecular flexibility index (Phi) is 5.41. The molecule has 3 saturated heterocycles. The highest BCUT2D eigenvalue weighted by Gasteiger charge is 2.36. The highest BCUT2D eigenvalue weighted by molar-refractivity contribution is 7.12. The predicted molar refractivity (Wildman–Crippen MR) is 108 cm³/mol. The lowest BCUT2D eigenvalue weighted by Crippen LogP contribution is -2.47. The van der Waals surface area contributed by atoms with Gasteiger partial charge < -0.3 is 4.90 Å². The number of Topliss-reactive ketones (excluding diaryl/α,β-unsaturated/α-hetero) is 1. The first-order chi connectivity index (χ1) is 13.1. The number of hydrogen-bond donors (Lipinski definition) is 0. The number of benzene rings is 1. The van der Waals surface area contributed by atoms with Gasteiger partial charge in [0.1, 0.15) is 0 Å². The van der Waals surface area contributed by atoms with Gasteiger partial charge in [0, 0.05) is 32.2 Å². The number of thiophene rings is 1. The molecule has 2 bridgehead atoms. The second kappa shape index (κ2) is 7.95. The van der Waals surface area contributed by atoms with E-state index in [-0.39, 0.29) is 11.7 Å². The molecule has 1 aromatic heterocycles. The van der Waals surface area contributed by atoms with Gasteiger partial charge in [-0.2, -0.15) is 0 Å². The quantitative estimate of drug-likeness (QED) is 0.742. The van der Waals surface area contributed by atoms with Crippen molar-refractivity contribution in [2.24, 2.45) is 5.92 Å². The van der Waals surface area contributed by atoms with E-state index in [1.165, 1.54) is 23.3 Å². The van der Waals surface area contributed by atoms with Gasteiger partial charge in [-0.05, 0) is 48.3 Å². The van der Waals surface area contributed by atoms with Crippen molar-refractivity contribution in [1.29, 1.82) is 0 Å². The van der Waals surface area contributed by atoms with Crippen LogP contribution in [-0.4, -0.2) is 47.2 Å². The molecule has 3 fully saturated rings. The summed E-state index contributed by atoms with van der Waals surface area (Å²) in [6.45, 7) is 5.44. The Morgan fingerprint density at radius 3 is 2.63 bits per heavy atom. The van der Waals surface area contributed by atoms with Gasteiger partial charge in [0.05, 0.1) is 11.3 Å². The molecule has 0 spiro atoms. The smallest absolute Gasteiger partial charge is 0.227 e. The number of rotatable bonds is 5. The molecule has 0 N–H and O–H groups in total. The van der Waals surface area contributed by atoms with E-state index >= 15 is 0 Å². The molecule has 142 valence electrons. The average molecular weight is 383 g/mol. The summed E-state index contributed by atoms with van der Waals surface area (Å²) in [4.78, 5) is 29.8. The van der Waals surface area contributed by atoms with Crippen LogP contribution >= 0.6 is 11.3 Å². The second-order valence-corrected chi connectivity index (χ2v) is 8.79. The fourth-order valence-corrected chi connectivity index (χ4v) is 5.20. The number of amides is 1. The Bertz CT molecular complexity index is 817. The number of ketones is 1. The number of carbonyl (C=O) groups is 2. The molecule has 0 saturated carbocycles. The van der Waals surface area contributed by atoms with Gasteiger partial charge in [-0.1, -0.05) is 30.3 Å². The third-order valence-corrected chi connectivity index (χ3v) is 6.79. The molecule has 5 rings (SSSR count). The van der Waals surface area contributed by atoms with Crippen LogP contribution in [-0.2, 0) is 17.8 Å². The zero-order valence-corrected chi connectivity index (χ0v) is 16.6. The minimum atomic E-state index is 0.0732. The van der Waals surface area contributed by atoms with E-state index in [9.17, 15) is 9.59 Å². The lowest BCUT2D eigenvalue weighted by molar-refractivity contribution is -0.134. The molecule has 0 unspecified atom stereocenters. The van der Waals surface area contributed by atoms with Crippen LogP contribution in [0.15, 0.2) is 41.8 Å². The van der Waals surface area contributed by atoms with Gasteiger partial charge in [0.2, 0.25) is 5.91 Å². The van der Waals surface area contributed by atoms with E-state index in [2.05, 4.69) is 40.1 Å². The van der Waals surface area contributed by atoms with Crippen LogP contribution in [0, 0.1) is 5.92 Å². The Labute approximate surface area is 164 Å². The molecular formula is C22H26N2O2S. The van der Waals surface area contributed by atoms with Crippen LogP contribution in [0.4, 0.5) is 0 Å². The Hall–Kier alpha value is -1.98. The van der Waals surface area contributed by atoms with Gasteiger partial charge in [0.25, 0.3) is 0 Å². The molecule has 4 nitrogen and oxygen atoms in total. The summed E-state index contributed by atoms with van der Waals surface area (Å²) in [5.74, 6) is 0.843. The minimum Gasteiger partial charge on any atom is -0.338 e. The molecule has 3 aliphatic rings. The lowest BCUT2D eigenvalue weighted by atomic mass is 9.94. The first-order valence-electron chi connectivity index (χ1n) is 9.72. The number of nitrogens with zero attached hydrogens (tertiary/aromatic N) is 2. The molecule has 4 heterocycles. The second-order valence-electron chi connectivity index (χ2n) is 7.88.